The maximum atomic E-state index is 13.3. The van der Waals surface area contributed by atoms with Gasteiger partial charge in [0, 0.05) is 18.9 Å². The fourth-order valence-corrected chi connectivity index (χ4v) is 5.74. The Bertz CT molecular complexity index is 1010. The summed E-state index contributed by atoms with van der Waals surface area (Å²) < 4.78 is 11.9. The Morgan fingerprint density at radius 3 is 2.00 bits per heavy atom. The van der Waals surface area contributed by atoms with E-state index in [-0.39, 0.29) is 25.5 Å². The highest BCUT2D eigenvalue weighted by atomic mass is 16.6. The predicted molar refractivity (Wildman–Crippen MR) is 122 cm³/mol. The number of amides is 1. The van der Waals surface area contributed by atoms with Crippen molar-refractivity contribution < 1.29 is 24.2 Å². The van der Waals surface area contributed by atoms with E-state index in [2.05, 4.69) is 24.3 Å². The molecule has 2 aromatic rings. The summed E-state index contributed by atoms with van der Waals surface area (Å²) in [5.74, 6) is -1.17. The molecule has 1 aliphatic heterocycles. The molecule has 6 heteroatoms. The van der Waals surface area contributed by atoms with Crippen molar-refractivity contribution in [2.24, 2.45) is 0 Å². The van der Waals surface area contributed by atoms with Crippen LogP contribution in [0, 0.1) is 0 Å². The van der Waals surface area contributed by atoms with Crippen molar-refractivity contribution in [3.05, 3.63) is 59.7 Å². The molecule has 6 nitrogen and oxygen atoms in total. The lowest BCUT2D eigenvalue weighted by molar-refractivity contribution is -0.163. The molecule has 1 amide bonds. The molecule has 4 rings (SSSR count). The zero-order chi connectivity index (χ0) is 23.3. The number of benzene rings is 2. The first-order valence-corrected chi connectivity index (χ1v) is 11.1. The van der Waals surface area contributed by atoms with Gasteiger partial charge in [0.2, 0.25) is 0 Å². The molecule has 32 heavy (non-hydrogen) atoms. The SMILES string of the molecule is CCN(C(=O)OCC1c2ccccc2-c2ccccc21)C1(C(=O)O)CC(C)(C)OC1(C)C. The minimum absolute atomic E-state index is 0.0879. The number of hydrogen-bond donors (Lipinski definition) is 1. The molecule has 0 aromatic heterocycles. The van der Waals surface area contributed by atoms with Crippen LogP contribution in [0.3, 0.4) is 0 Å². The molecule has 1 unspecified atom stereocenters. The molecule has 0 radical (unpaired) electrons. The summed E-state index contributed by atoms with van der Waals surface area (Å²) in [6.45, 7) is 9.28. The summed E-state index contributed by atoms with van der Waals surface area (Å²) in [5, 5.41) is 10.3. The van der Waals surface area contributed by atoms with E-state index in [1.807, 2.05) is 38.1 Å². The van der Waals surface area contributed by atoms with Crippen LogP contribution in [-0.2, 0) is 14.3 Å². The van der Waals surface area contributed by atoms with Gasteiger partial charge in [-0.1, -0.05) is 48.5 Å². The van der Waals surface area contributed by atoms with Gasteiger partial charge in [0.25, 0.3) is 0 Å². The van der Waals surface area contributed by atoms with E-state index >= 15 is 0 Å². The van der Waals surface area contributed by atoms with Gasteiger partial charge < -0.3 is 14.6 Å². The summed E-state index contributed by atoms with van der Waals surface area (Å²) in [6, 6.07) is 16.2. The van der Waals surface area contributed by atoms with Gasteiger partial charge in [-0.2, -0.15) is 0 Å². The zero-order valence-electron chi connectivity index (χ0n) is 19.3. The number of carbonyl (C=O) groups excluding carboxylic acids is 1. The number of rotatable bonds is 5. The van der Waals surface area contributed by atoms with Crippen molar-refractivity contribution in [1.82, 2.24) is 4.90 Å². The zero-order valence-corrected chi connectivity index (χ0v) is 19.3. The van der Waals surface area contributed by atoms with Gasteiger partial charge >= 0.3 is 12.1 Å². The Hall–Kier alpha value is -2.86. The van der Waals surface area contributed by atoms with Gasteiger partial charge in [-0.05, 0) is 56.9 Å². The summed E-state index contributed by atoms with van der Waals surface area (Å²) >= 11 is 0. The topological polar surface area (TPSA) is 76.1 Å². The lowest BCUT2D eigenvalue weighted by Crippen LogP contribution is -2.65. The minimum atomic E-state index is -1.52. The Kier molecular flexibility index (Phi) is 5.32. The lowest BCUT2D eigenvalue weighted by Gasteiger charge is -2.43. The van der Waals surface area contributed by atoms with Gasteiger partial charge in [0.1, 0.15) is 6.61 Å². The molecular formula is C26H31NO5. The first kappa shape index (κ1) is 22.3. The Morgan fingerprint density at radius 2 is 1.56 bits per heavy atom. The van der Waals surface area contributed by atoms with Gasteiger partial charge in [0.15, 0.2) is 5.54 Å². The average Bonchev–Trinajstić information content (AvgIpc) is 3.15. The van der Waals surface area contributed by atoms with Crippen molar-refractivity contribution >= 4 is 12.1 Å². The third kappa shape index (κ3) is 3.28. The number of likely N-dealkylation sites (N-methyl/N-ethyl adjacent to an activating group) is 1. The van der Waals surface area contributed by atoms with Crippen molar-refractivity contribution in [2.75, 3.05) is 13.2 Å². The molecule has 2 aromatic carbocycles. The van der Waals surface area contributed by atoms with E-state index in [0.717, 1.165) is 22.3 Å². The largest absolute Gasteiger partial charge is 0.479 e. The number of fused-ring (bicyclic) bond motifs is 3. The molecule has 1 heterocycles. The summed E-state index contributed by atoms with van der Waals surface area (Å²) in [4.78, 5) is 27.3. The first-order chi connectivity index (χ1) is 15.0. The second kappa shape index (κ2) is 7.62. The fourth-order valence-electron chi connectivity index (χ4n) is 5.74. The molecule has 170 valence electrons. The number of carbonyl (C=O) groups is 2. The molecular weight excluding hydrogens is 406 g/mol. The third-order valence-electron chi connectivity index (χ3n) is 6.90. The second-order valence-electron chi connectivity index (χ2n) is 9.76. The van der Waals surface area contributed by atoms with Gasteiger partial charge in [0.05, 0.1) is 11.2 Å². The van der Waals surface area contributed by atoms with E-state index < -0.39 is 28.8 Å². The van der Waals surface area contributed by atoms with E-state index in [4.69, 9.17) is 9.47 Å². The van der Waals surface area contributed by atoms with Crippen LogP contribution in [-0.4, -0.2) is 52.0 Å². The van der Waals surface area contributed by atoms with Gasteiger partial charge in [-0.15, -0.1) is 0 Å². The number of ether oxygens (including phenoxy) is 2. The van der Waals surface area contributed by atoms with E-state index in [9.17, 15) is 14.7 Å². The highest BCUT2D eigenvalue weighted by Crippen LogP contribution is 2.49. The van der Waals surface area contributed by atoms with Crippen molar-refractivity contribution in [3.8, 4) is 11.1 Å². The smallest absolute Gasteiger partial charge is 0.410 e. The lowest BCUT2D eigenvalue weighted by atomic mass is 9.77. The van der Waals surface area contributed by atoms with Crippen LogP contribution in [0.5, 0.6) is 0 Å². The van der Waals surface area contributed by atoms with Crippen molar-refractivity contribution in [2.45, 2.75) is 63.7 Å². The molecule has 1 N–H and O–H groups in total. The maximum absolute atomic E-state index is 13.3. The molecule has 1 atom stereocenters. The van der Waals surface area contributed by atoms with Crippen LogP contribution in [0.2, 0.25) is 0 Å². The monoisotopic (exact) mass is 437 g/mol. The van der Waals surface area contributed by atoms with Crippen LogP contribution < -0.4 is 0 Å². The fraction of sp³-hybridized carbons (Fsp3) is 0.462. The average molecular weight is 438 g/mol. The van der Waals surface area contributed by atoms with Crippen LogP contribution in [0.4, 0.5) is 4.79 Å². The molecule has 1 aliphatic carbocycles. The van der Waals surface area contributed by atoms with E-state index in [1.54, 1.807) is 20.8 Å². The maximum Gasteiger partial charge on any atom is 0.410 e. The molecule has 1 fully saturated rings. The first-order valence-electron chi connectivity index (χ1n) is 11.1. The van der Waals surface area contributed by atoms with Crippen molar-refractivity contribution in [1.29, 1.82) is 0 Å². The second-order valence-corrected chi connectivity index (χ2v) is 9.76. The van der Waals surface area contributed by atoms with E-state index in [0.29, 0.717) is 0 Å². The molecule has 2 aliphatic rings. The van der Waals surface area contributed by atoms with Gasteiger partial charge in [-0.25, -0.2) is 9.59 Å². The summed E-state index contributed by atoms with van der Waals surface area (Å²) in [5.41, 5.74) is 1.24. The quantitative estimate of drug-likeness (QED) is 0.708. The number of hydrogen-bond acceptors (Lipinski definition) is 4. The minimum Gasteiger partial charge on any atom is -0.479 e. The Labute approximate surface area is 189 Å². The molecule has 0 bridgehead atoms. The van der Waals surface area contributed by atoms with Crippen molar-refractivity contribution in [3.63, 3.8) is 0 Å². The Balaban J connectivity index is 1.62. The normalized spacial score (nSPS) is 22.8. The predicted octanol–water partition coefficient (Wildman–Crippen LogP) is 5.06. The highest BCUT2D eigenvalue weighted by molar-refractivity contribution is 5.87. The number of carboxylic acids is 1. The molecule has 0 saturated carbocycles. The highest BCUT2D eigenvalue weighted by Gasteiger charge is 2.66. The third-order valence-corrected chi connectivity index (χ3v) is 6.90. The van der Waals surface area contributed by atoms with Crippen LogP contribution >= 0.6 is 0 Å². The number of aliphatic carboxylic acids is 1. The van der Waals surface area contributed by atoms with Gasteiger partial charge in [-0.3, -0.25) is 4.90 Å². The molecule has 0 spiro atoms. The summed E-state index contributed by atoms with van der Waals surface area (Å²) in [7, 11) is 0. The van der Waals surface area contributed by atoms with Crippen LogP contribution in [0.15, 0.2) is 48.5 Å². The Morgan fingerprint density at radius 1 is 1.03 bits per heavy atom. The number of nitrogens with zero attached hydrogens (tertiary/aromatic N) is 1. The number of carboxylic acid groups (broad SMARTS) is 1. The standard InChI is InChI=1S/C26H31NO5/c1-6-27(26(22(28)29)16-24(2,3)32-25(26,4)5)23(30)31-15-21-19-13-9-7-11-17(19)18-12-8-10-14-20(18)21/h7-14,21H,6,15-16H2,1-5H3,(H,28,29). The van der Waals surface area contributed by atoms with Crippen LogP contribution in [0.1, 0.15) is 58.1 Å². The van der Waals surface area contributed by atoms with Crippen LogP contribution in [0.25, 0.3) is 11.1 Å². The summed E-state index contributed by atoms with van der Waals surface area (Å²) in [6.07, 6.45) is -0.452. The van der Waals surface area contributed by atoms with E-state index in [1.165, 1.54) is 4.90 Å². The molecule has 1 saturated heterocycles.